The third-order valence-electron chi connectivity index (χ3n) is 4.26. The van der Waals surface area contributed by atoms with Crippen molar-refractivity contribution in [1.29, 1.82) is 0 Å². The van der Waals surface area contributed by atoms with E-state index in [1.54, 1.807) is 0 Å². The van der Waals surface area contributed by atoms with Gasteiger partial charge in [0, 0.05) is 18.0 Å². The highest BCUT2D eigenvalue weighted by molar-refractivity contribution is 6.06. The predicted molar refractivity (Wildman–Crippen MR) is 87.3 cm³/mol. The van der Waals surface area contributed by atoms with Gasteiger partial charge in [0.2, 0.25) is 5.91 Å². The van der Waals surface area contributed by atoms with Crippen molar-refractivity contribution < 1.29 is 14.3 Å². The van der Waals surface area contributed by atoms with E-state index in [0.717, 1.165) is 37.0 Å². The number of hydrogen-bond donors (Lipinski definition) is 2. The Balaban J connectivity index is 1.60. The SMILES string of the molecule is CC1CC(=O)NN=C1c1ccc(NC(=O)OC2CCCC2)cc1. The maximum Gasteiger partial charge on any atom is 0.411 e. The van der Waals surface area contributed by atoms with Gasteiger partial charge in [-0.15, -0.1) is 0 Å². The van der Waals surface area contributed by atoms with E-state index in [0.29, 0.717) is 12.1 Å². The number of anilines is 1. The number of ether oxygens (including phenoxy) is 1. The van der Waals surface area contributed by atoms with Gasteiger partial charge in [-0.1, -0.05) is 19.1 Å². The van der Waals surface area contributed by atoms with E-state index in [9.17, 15) is 9.59 Å². The van der Waals surface area contributed by atoms with Gasteiger partial charge in [-0.25, -0.2) is 10.2 Å². The summed E-state index contributed by atoms with van der Waals surface area (Å²) in [4.78, 5) is 23.1. The molecule has 1 fully saturated rings. The van der Waals surface area contributed by atoms with Gasteiger partial charge in [-0.3, -0.25) is 10.1 Å². The van der Waals surface area contributed by atoms with Crippen molar-refractivity contribution >= 4 is 23.4 Å². The van der Waals surface area contributed by atoms with Gasteiger partial charge in [-0.05, 0) is 43.4 Å². The minimum absolute atomic E-state index is 0.0512. The number of nitrogens with zero attached hydrogens (tertiary/aromatic N) is 1. The summed E-state index contributed by atoms with van der Waals surface area (Å²) in [5.41, 5.74) is 4.98. The Labute approximate surface area is 135 Å². The second-order valence-corrected chi connectivity index (χ2v) is 6.15. The van der Waals surface area contributed by atoms with E-state index < -0.39 is 6.09 Å². The van der Waals surface area contributed by atoms with Crippen molar-refractivity contribution in [3.05, 3.63) is 29.8 Å². The molecule has 1 unspecified atom stereocenters. The number of rotatable bonds is 3. The van der Waals surface area contributed by atoms with Crippen LogP contribution >= 0.6 is 0 Å². The van der Waals surface area contributed by atoms with Crippen LogP contribution in [0, 0.1) is 5.92 Å². The molecule has 1 aromatic carbocycles. The molecule has 1 atom stereocenters. The number of benzene rings is 1. The Morgan fingerprint density at radius 1 is 1.26 bits per heavy atom. The third-order valence-corrected chi connectivity index (χ3v) is 4.26. The summed E-state index contributed by atoms with van der Waals surface area (Å²) in [5.74, 6) is 0.0177. The Morgan fingerprint density at radius 2 is 1.96 bits per heavy atom. The lowest BCUT2D eigenvalue weighted by Gasteiger charge is -2.19. The molecule has 0 spiro atoms. The maximum absolute atomic E-state index is 11.8. The fourth-order valence-electron chi connectivity index (χ4n) is 3.03. The topological polar surface area (TPSA) is 79.8 Å². The van der Waals surface area contributed by atoms with Crippen LogP contribution in [0.1, 0.15) is 44.6 Å². The van der Waals surface area contributed by atoms with E-state index in [-0.39, 0.29) is 17.9 Å². The molecule has 3 rings (SSSR count). The molecule has 0 aromatic heterocycles. The summed E-state index contributed by atoms with van der Waals surface area (Å²) >= 11 is 0. The van der Waals surface area contributed by atoms with Crippen molar-refractivity contribution in [3.8, 4) is 0 Å². The Morgan fingerprint density at radius 3 is 2.61 bits per heavy atom. The van der Waals surface area contributed by atoms with Gasteiger partial charge in [-0.2, -0.15) is 5.10 Å². The summed E-state index contributed by atoms with van der Waals surface area (Å²) in [6.45, 7) is 1.97. The highest BCUT2D eigenvalue weighted by Crippen LogP contribution is 2.22. The highest BCUT2D eigenvalue weighted by atomic mass is 16.6. The molecule has 122 valence electrons. The molecule has 0 saturated heterocycles. The van der Waals surface area contributed by atoms with Crippen molar-refractivity contribution in [2.45, 2.75) is 45.1 Å². The van der Waals surface area contributed by atoms with E-state index in [2.05, 4.69) is 15.8 Å². The molecule has 0 radical (unpaired) electrons. The monoisotopic (exact) mass is 315 g/mol. The van der Waals surface area contributed by atoms with Crippen LogP contribution in [0.4, 0.5) is 10.5 Å². The van der Waals surface area contributed by atoms with Gasteiger partial charge in [0.1, 0.15) is 6.10 Å². The number of carbonyl (C=O) groups excluding carboxylic acids is 2. The summed E-state index contributed by atoms with van der Waals surface area (Å²) in [5, 5.41) is 6.87. The standard InChI is InChI=1S/C17H21N3O3/c1-11-10-15(21)19-20-16(11)12-6-8-13(9-7-12)18-17(22)23-14-4-2-3-5-14/h6-9,11,14H,2-5,10H2,1H3,(H,18,22)(H,19,21). The number of carbonyl (C=O) groups is 2. The average Bonchev–Trinajstić information content (AvgIpc) is 3.01. The number of hydrazone groups is 1. The molecule has 2 amide bonds. The minimum Gasteiger partial charge on any atom is -0.446 e. The van der Waals surface area contributed by atoms with Gasteiger partial charge < -0.3 is 4.74 Å². The molecule has 0 bridgehead atoms. The maximum atomic E-state index is 11.8. The predicted octanol–water partition coefficient (Wildman–Crippen LogP) is 3.04. The normalized spacial score (nSPS) is 21.5. The number of hydrogen-bond acceptors (Lipinski definition) is 4. The van der Waals surface area contributed by atoms with Crippen molar-refractivity contribution in [3.63, 3.8) is 0 Å². The molecular formula is C17H21N3O3. The molecule has 1 aromatic rings. The van der Waals surface area contributed by atoms with Gasteiger partial charge in [0.15, 0.2) is 0 Å². The smallest absolute Gasteiger partial charge is 0.411 e. The molecule has 2 aliphatic rings. The van der Waals surface area contributed by atoms with Crippen LogP contribution in [-0.2, 0) is 9.53 Å². The van der Waals surface area contributed by atoms with E-state index in [1.807, 2.05) is 31.2 Å². The highest BCUT2D eigenvalue weighted by Gasteiger charge is 2.22. The fourth-order valence-corrected chi connectivity index (χ4v) is 3.03. The first-order valence-corrected chi connectivity index (χ1v) is 8.06. The summed E-state index contributed by atoms with van der Waals surface area (Å²) < 4.78 is 5.37. The summed E-state index contributed by atoms with van der Waals surface area (Å²) in [6.07, 6.45) is 4.25. The molecule has 6 heteroatoms. The first-order chi connectivity index (χ1) is 11.1. The quantitative estimate of drug-likeness (QED) is 0.899. The summed E-state index contributed by atoms with van der Waals surface area (Å²) in [7, 11) is 0. The molecule has 2 N–H and O–H groups in total. The molecule has 1 heterocycles. The zero-order valence-electron chi connectivity index (χ0n) is 13.2. The number of nitrogens with one attached hydrogen (secondary N) is 2. The second-order valence-electron chi connectivity index (χ2n) is 6.15. The zero-order valence-corrected chi connectivity index (χ0v) is 13.2. The van der Waals surface area contributed by atoms with Crippen LogP contribution < -0.4 is 10.7 Å². The first kappa shape index (κ1) is 15.5. The molecule has 1 aliphatic heterocycles. The molecule has 6 nitrogen and oxygen atoms in total. The fraction of sp³-hybridized carbons (Fsp3) is 0.471. The Bertz CT molecular complexity index is 618. The van der Waals surface area contributed by atoms with E-state index in [4.69, 9.17) is 4.74 Å². The molecule has 1 aliphatic carbocycles. The van der Waals surface area contributed by atoms with Gasteiger partial charge in [0.25, 0.3) is 0 Å². The minimum atomic E-state index is -0.403. The van der Waals surface area contributed by atoms with Crippen LogP contribution in [-0.4, -0.2) is 23.8 Å². The van der Waals surface area contributed by atoms with Gasteiger partial charge in [0.05, 0.1) is 5.71 Å². The third kappa shape index (κ3) is 3.88. The average molecular weight is 315 g/mol. The lowest BCUT2D eigenvalue weighted by molar-refractivity contribution is -0.121. The molecule has 1 saturated carbocycles. The molecular weight excluding hydrogens is 294 g/mol. The lowest BCUT2D eigenvalue weighted by atomic mass is 9.94. The van der Waals surface area contributed by atoms with Crippen molar-refractivity contribution in [1.82, 2.24) is 5.43 Å². The van der Waals surface area contributed by atoms with Crippen LogP contribution in [0.25, 0.3) is 0 Å². The zero-order chi connectivity index (χ0) is 16.2. The Hall–Kier alpha value is -2.37. The first-order valence-electron chi connectivity index (χ1n) is 8.06. The summed E-state index contributed by atoms with van der Waals surface area (Å²) in [6, 6.07) is 7.41. The number of amides is 2. The van der Waals surface area contributed by atoms with Crippen LogP contribution in [0.15, 0.2) is 29.4 Å². The van der Waals surface area contributed by atoms with Crippen LogP contribution in [0.3, 0.4) is 0 Å². The largest absolute Gasteiger partial charge is 0.446 e. The lowest BCUT2D eigenvalue weighted by Crippen LogP contribution is -2.31. The van der Waals surface area contributed by atoms with Gasteiger partial charge >= 0.3 is 6.09 Å². The Kier molecular flexibility index (Phi) is 4.60. The van der Waals surface area contributed by atoms with Crippen LogP contribution in [0.2, 0.25) is 0 Å². The second kappa shape index (κ2) is 6.81. The van der Waals surface area contributed by atoms with E-state index >= 15 is 0 Å². The molecule has 23 heavy (non-hydrogen) atoms. The van der Waals surface area contributed by atoms with E-state index in [1.165, 1.54) is 0 Å². The van der Waals surface area contributed by atoms with Crippen LogP contribution in [0.5, 0.6) is 0 Å². The van der Waals surface area contributed by atoms with Crippen molar-refractivity contribution in [2.75, 3.05) is 5.32 Å². The van der Waals surface area contributed by atoms with Crippen molar-refractivity contribution in [2.24, 2.45) is 11.0 Å².